The number of carbonyl (C=O) groups is 2. The lowest BCUT2D eigenvalue weighted by Gasteiger charge is -2.34. The Morgan fingerprint density at radius 1 is 0.841 bits per heavy atom. The van der Waals surface area contributed by atoms with Crippen molar-refractivity contribution in [2.24, 2.45) is 0 Å². The lowest BCUT2D eigenvalue weighted by Crippen LogP contribution is -2.53. The fourth-order valence-corrected chi connectivity index (χ4v) is 6.68. The third-order valence-corrected chi connectivity index (χ3v) is 9.80. The number of carbonyl (C=O) groups excluding carboxylic acids is 2. The minimum Gasteiger partial charge on any atom is -0.355 e. The van der Waals surface area contributed by atoms with E-state index in [1.54, 1.807) is 54.6 Å². The molecule has 0 aromatic heterocycles. The maximum absolute atomic E-state index is 14.5. The molecule has 4 aromatic carbocycles. The molecule has 0 bridgehead atoms. The zero-order valence-electron chi connectivity index (χ0n) is 25.5. The Bertz CT molecular complexity index is 1710. The Morgan fingerprint density at radius 2 is 1.50 bits per heavy atom. The summed E-state index contributed by atoms with van der Waals surface area (Å²) in [6, 6.07) is 27.5. The van der Waals surface area contributed by atoms with Crippen molar-refractivity contribution in [2.45, 2.75) is 51.6 Å². The summed E-state index contributed by atoms with van der Waals surface area (Å²) >= 11 is 6.54. The number of aryl methyl sites for hydroxylation is 2. The Balaban J connectivity index is 1.84. The van der Waals surface area contributed by atoms with Crippen molar-refractivity contribution in [2.75, 3.05) is 17.4 Å². The number of benzene rings is 4. The fourth-order valence-electron chi connectivity index (χ4n) is 5.01. The molecule has 0 heterocycles. The van der Waals surface area contributed by atoms with E-state index in [2.05, 4.69) is 5.32 Å². The first kappa shape index (κ1) is 32.8. The van der Waals surface area contributed by atoms with E-state index in [1.165, 1.54) is 4.90 Å². The molecule has 0 fully saturated rings. The molecular formula is C35H38ClN3O4S. The van der Waals surface area contributed by atoms with Crippen LogP contribution in [0.25, 0.3) is 0 Å². The molecule has 7 nitrogen and oxygen atoms in total. The van der Waals surface area contributed by atoms with Gasteiger partial charge in [0, 0.05) is 24.5 Å². The average molecular weight is 632 g/mol. The van der Waals surface area contributed by atoms with Crippen molar-refractivity contribution < 1.29 is 18.0 Å². The summed E-state index contributed by atoms with van der Waals surface area (Å²) in [7, 11) is -4.18. The summed E-state index contributed by atoms with van der Waals surface area (Å²) in [6.45, 7) is 7.28. The summed E-state index contributed by atoms with van der Waals surface area (Å²) in [4.78, 5) is 29.6. The maximum atomic E-state index is 14.5. The van der Waals surface area contributed by atoms with Gasteiger partial charge in [-0.15, -0.1) is 0 Å². The molecule has 9 heteroatoms. The lowest BCUT2D eigenvalue weighted by molar-refractivity contribution is -0.140. The molecule has 0 aliphatic rings. The number of likely N-dealkylation sites (N-methyl/N-ethyl adjacent to an activating group) is 1. The second-order valence-corrected chi connectivity index (χ2v) is 13.0. The van der Waals surface area contributed by atoms with Crippen LogP contribution in [0.5, 0.6) is 0 Å². The van der Waals surface area contributed by atoms with Crippen LogP contribution in [0.1, 0.15) is 34.7 Å². The van der Waals surface area contributed by atoms with Gasteiger partial charge in [-0.25, -0.2) is 8.42 Å². The molecule has 44 heavy (non-hydrogen) atoms. The van der Waals surface area contributed by atoms with Crippen LogP contribution in [0, 0.1) is 20.8 Å². The zero-order chi connectivity index (χ0) is 31.9. The van der Waals surface area contributed by atoms with E-state index in [4.69, 9.17) is 11.6 Å². The van der Waals surface area contributed by atoms with Crippen molar-refractivity contribution in [1.82, 2.24) is 10.2 Å². The van der Waals surface area contributed by atoms with Crippen molar-refractivity contribution in [3.8, 4) is 0 Å². The molecule has 230 valence electrons. The van der Waals surface area contributed by atoms with E-state index in [9.17, 15) is 18.0 Å². The molecular weight excluding hydrogens is 594 g/mol. The van der Waals surface area contributed by atoms with Gasteiger partial charge in [-0.05, 0) is 74.2 Å². The SMILES string of the molecule is CCNC(=O)[C@@H](Cc1ccccc1)N(Cc1ccccc1Cl)C(=O)CN(c1cccc(C)c1C)S(=O)(=O)c1ccc(C)cc1. The van der Waals surface area contributed by atoms with E-state index in [1.807, 2.05) is 70.2 Å². The van der Waals surface area contributed by atoms with E-state index >= 15 is 0 Å². The van der Waals surface area contributed by atoms with Gasteiger partial charge in [0.2, 0.25) is 11.8 Å². The largest absolute Gasteiger partial charge is 0.355 e. The number of amides is 2. The first-order valence-electron chi connectivity index (χ1n) is 14.5. The molecule has 0 aliphatic carbocycles. The summed E-state index contributed by atoms with van der Waals surface area (Å²) in [5.41, 5.74) is 4.43. The Kier molecular flexibility index (Phi) is 10.8. The van der Waals surface area contributed by atoms with Gasteiger partial charge in [0.05, 0.1) is 10.6 Å². The number of nitrogens with one attached hydrogen (secondary N) is 1. The summed E-state index contributed by atoms with van der Waals surface area (Å²) in [6.07, 6.45) is 0.233. The summed E-state index contributed by atoms with van der Waals surface area (Å²) in [5, 5.41) is 3.31. The predicted octanol–water partition coefficient (Wildman–Crippen LogP) is 6.24. The number of nitrogens with zero attached hydrogens (tertiary/aromatic N) is 2. The molecule has 1 atom stereocenters. The Morgan fingerprint density at radius 3 is 2.16 bits per heavy atom. The highest BCUT2D eigenvalue weighted by atomic mass is 35.5. The van der Waals surface area contributed by atoms with Gasteiger partial charge in [0.25, 0.3) is 10.0 Å². The first-order chi connectivity index (χ1) is 21.0. The number of anilines is 1. The molecule has 0 saturated heterocycles. The molecule has 2 amide bonds. The Labute approximate surface area is 265 Å². The highest BCUT2D eigenvalue weighted by Crippen LogP contribution is 2.30. The van der Waals surface area contributed by atoms with Gasteiger partial charge in [-0.2, -0.15) is 0 Å². The second-order valence-electron chi connectivity index (χ2n) is 10.8. The number of rotatable bonds is 12. The molecule has 1 N–H and O–H groups in total. The molecule has 4 rings (SSSR count). The van der Waals surface area contributed by atoms with Crippen LogP contribution in [0.4, 0.5) is 5.69 Å². The van der Waals surface area contributed by atoms with Crippen LogP contribution in [0.15, 0.2) is 102 Å². The second kappa shape index (κ2) is 14.6. The van der Waals surface area contributed by atoms with Crippen LogP contribution in [-0.2, 0) is 32.6 Å². The number of sulfonamides is 1. The van der Waals surface area contributed by atoms with Crippen molar-refractivity contribution in [1.29, 1.82) is 0 Å². The van der Waals surface area contributed by atoms with Crippen LogP contribution in [0.2, 0.25) is 5.02 Å². The van der Waals surface area contributed by atoms with E-state index in [0.29, 0.717) is 22.8 Å². The Hall–Kier alpha value is -4.14. The topological polar surface area (TPSA) is 86.8 Å². The average Bonchev–Trinajstić information content (AvgIpc) is 3.01. The van der Waals surface area contributed by atoms with Gasteiger partial charge < -0.3 is 10.2 Å². The summed E-state index contributed by atoms with van der Waals surface area (Å²) < 4.78 is 29.6. The quantitative estimate of drug-likeness (QED) is 0.201. The fraction of sp³-hybridized carbons (Fsp3) is 0.257. The van der Waals surface area contributed by atoms with Crippen molar-refractivity contribution in [3.05, 3.63) is 130 Å². The van der Waals surface area contributed by atoms with E-state index in [0.717, 1.165) is 26.6 Å². The molecule has 0 aliphatic heterocycles. The normalized spacial score (nSPS) is 11.9. The van der Waals surface area contributed by atoms with Crippen molar-refractivity contribution in [3.63, 3.8) is 0 Å². The van der Waals surface area contributed by atoms with Crippen LogP contribution >= 0.6 is 11.6 Å². The highest BCUT2D eigenvalue weighted by Gasteiger charge is 2.35. The first-order valence-corrected chi connectivity index (χ1v) is 16.3. The maximum Gasteiger partial charge on any atom is 0.264 e. The molecule has 0 spiro atoms. The zero-order valence-corrected chi connectivity index (χ0v) is 27.0. The molecule has 4 aromatic rings. The molecule has 0 saturated carbocycles. The standard InChI is InChI=1S/C35H38ClN3O4S/c1-5-37-35(41)33(22-28-13-7-6-8-14-28)38(23-29-15-9-10-16-31(29)36)34(40)24-39(32-17-11-12-26(3)27(32)4)44(42,43)30-20-18-25(2)19-21-30/h6-21,33H,5,22-24H2,1-4H3,(H,37,41)/t33-/m1/s1. The van der Waals surface area contributed by atoms with Gasteiger partial charge in [-0.1, -0.05) is 90.0 Å². The van der Waals surface area contributed by atoms with Crippen LogP contribution in [-0.4, -0.2) is 44.3 Å². The highest BCUT2D eigenvalue weighted by molar-refractivity contribution is 7.92. The monoisotopic (exact) mass is 631 g/mol. The van der Waals surface area contributed by atoms with E-state index < -0.39 is 28.5 Å². The number of halogens is 1. The minimum atomic E-state index is -4.18. The smallest absolute Gasteiger partial charge is 0.264 e. The molecule has 0 radical (unpaired) electrons. The van der Waals surface area contributed by atoms with Crippen LogP contribution < -0.4 is 9.62 Å². The summed E-state index contributed by atoms with van der Waals surface area (Å²) in [5.74, 6) is -0.870. The van der Waals surface area contributed by atoms with Gasteiger partial charge in [0.1, 0.15) is 12.6 Å². The van der Waals surface area contributed by atoms with Gasteiger partial charge in [-0.3, -0.25) is 13.9 Å². The van der Waals surface area contributed by atoms with Gasteiger partial charge >= 0.3 is 0 Å². The predicted molar refractivity (Wildman–Crippen MR) is 176 cm³/mol. The lowest BCUT2D eigenvalue weighted by atomic mass is 10.0. The van der Waals surface area contributed by atoms with Gasteiger partial charge in [0.15, 0.2) is 0 Å². The molecule has 0 unspecified atom stereocenters. The van der Waals surface area contributed by atoms with Crippen LogP contribution in [0.3, 0.4) is 0 Å². The van der Waals surface area contributed by atoms with E-state index in [-0.39, 0.29) is 23.8 Å². The number of hydrogen-bond acceptors (Lipinski definition) is 4. The minimum absolute atomic E-state index is 0.0123. The third kappa shape index (κ3) is 7.68. The van der Waals surface area contributed by atoms with Crippen molar-refractivity contribution >= 4 is 39.1 Å². The third-order valence-electron chi connectivity index (χ3n) is 7.65. The number of hydrogen-bond donors (Lipinski definition) is 1.